The molecule has 36 heavy (non-hydrogen) atoms. The lowest BCUT2D eigenvalue weighted by Crippen LogP contribution is -2.26. The number of nitrogens with one attached hydrogen (secondary N) is 2. The third-order valence-corrected chi connectivity index (χ3v) is 10.2. The molecule has 8 nitrogen and oxygen atoms in total. The number of nitrogens with zero attached hydrogens (tertiary/aromatic N) is 2. The normalized spacial score (nSPS) is 31.9. The van der Waals surface area contributed by atoms with E-state index in [1.807, 2.05) is 13.8 Å². The van der Waals surface area contributed by atoms with Crippen LogP contribution in [-0.2, 0) is 20.0 Å². The maximum atomic E-state index is 12.8. The van der Waals surface area contributed by atoms with Crippen LogP contribution in [0.3, 0.4) is 0 Å². The van der Waals surface area contributed by atoms with Crippen molar-refractivity contribution in [1.29, 1.82) is 0 Å². The quantitative estimate of drug-likeness (QED) is 0.448. The average molecular weight is 523 g/mol. The summed E-state index contributed by atoms with van der Waals surface area (Å²) in [6.07, 6.45) is 8.23. The third-order valence-electron chi connectivity index (χ3n) is 7.77. The van der Waals surface area contributed by atoms with Crippen molar-refractivity contribution in [3.63, 3.8) is 0 Å². The molecular formula is C26H26N4O4S2. The highest BCUT2D eigenvalue weighted by Crippen LogP contribution is 2.60. The second kappa shape index (κ2) is 8.14. The van der Waals surface area contributed by atoms with Gasteiger partial charge in [0.2, 0.25) is 0 Å². The van der Waals surface area contributed by atoms with Gasteiger partial charge < -0.3 is 0 Å². The highest BCUT2D eigenvalue weighted by atomic mass is 32.2. The fraction of sp³-hybridized carbons (Fsp3) is 0.308. The zero-order valence-electron chi connectivity index (χ0n) is 19.7. The van der Waals surface area contributed by atoms with Gasteiger partial charge in [-0.05, 0) is 49.9 Å². The lowest BCUT2D eigenvalue weighted by atomic mass is 9.88. The molecule has 0 amide bonds. The number of rotatable bonds is 6. The van der Waals surface area contributed by atoms with Crippen molar-refractivity contribution in [2.45, 2.75) is 23.6 Å². The van der Waals surface area contributed by atoms with Gasteiger partial charge >= 0.3 is 0 Å². The van der Waals surface area contributed by atoms with E-state index in [0.29, 0.717) is 0 Å². The highest BCUT2D eigenvalue weighted by molar-refractivity contribution is 7.89. The van der Waals surface area contributed by atoms with Crippen molar-refractivity contribution in [2.75, 3.05) is 0 Å². The molecular weight excluding hydrogens is 496 g/mol. The number of hydrazone groups is 2. The smallest absolute Gasteiger partial charge is 0.200 e. The van der Waals surface area contributed by atoms with Gasteiger partial charge in [0.25, 0.3) is 20.0 Å². The van der Waals surface area contributed by atoms with E-state index in [-0.39, 0.29) is 45.3 Å². The van der Waals surface area contributed by atoms with Gasteiger partial charge in [-0.15, -0.1) is 0 Å². The number of sulfonamides is 2. The van der Waals surface area contributed by atoms with Gasteiger partial charge in [-0.25, -0.2) is 9.66 Å². The van der Waals surface area contributed by atoms with Crippen molar-refractivity contribution in [3.8, 4) is 0 Å². The van der Waals surface area contributed by atoms with E-state index < -0.39 is 20.0 Å². The van der Waals surface area contributed by atoms with Crippen LogP contribution in [0.1, 0.15) is 11.1 Å². The van der Waals surface area contributed by atoms with E-state index in [0.717, 1.165) is 22.6 Å². The minimum Gasteiger partial charge on any atom is -0.200 e. The Bertz CT molecular complexity index is 1400. The minimum atomic E-state index is -3.78. The van der Waals surface area contributed by atoms with Crippen LogP contribution in [-0.4, -0.2) is 28.3 Å². The molecule has 0 saturated heterocycles. The van der Waals surface area contributed by atoms with Gasteiger partial charge in [-0.1, -0.05) is 59.7 Å². The molecule has 4 aliphatic rings. The minimum absolute atomic E-state index is 0.0143. The second-order valence-corrected chi connectivity index (χ2v) is 13.2. The first kappa shape index (κ1) is 23.2. The summed E-state index contributed by atoms with van der Waals surface area (Å²) in [5.74, 6) is 0.304. The molecule has 186 valence electrons. The fourth-order valence-electron chi connectivity index (χ4n) is 6.09. The van der Waals surface area contributed by atoms with Crippen molar-refractivity contribution in [2.24, 2.45) is 45.7 Å². The van der Waals surface area contributed by atoms with Gasteiger partial charge in [0, 0.05) is 23.7 Å². The summed E-state index contributed by atoms with van der Waals surface area (Å²) in [6, 6.07) is 13.3. The van der Waals surface area contributed by atoms with E-state index >= 15 is 0 Å². The maximum absolute atomic E-state index is 12.8. The van der Waals surface area contributed by atoms with Crippen molar-refractivity contribution < 1.29 is 16.8 Å². The van der Waals surface area contributed by atoms with Crippen LogP contribution in [0.5, 0.6) is 0 Å². The predicted molar refractivity (Wildman–Crippen MR) is 137 cm³/mol. The second-order valence-electron chi connectivity index (χ2n) is 9.92. The first-order chi connectivity index (χ1) is 17.2. The number of allylic oxidation sites excluding steroid dienone is 4. The predicted octanol–water partition coefficient (Wildman–Crippen LogP) is 3.14. The molecule has 2 aromatic rings. The standard InChI is InChI=1S/C26H26N4O4S2/c1-15-3-7-17(8-4-15)35(31,32)29-27-25-19-11-13-21-23(19)24-20(25)12-14-22(24)26(21)28-30-36(33,34)18-9-5-16(2)6-10-18/h3-14,19-24,29-30H,1-2H3/t19-,20-,21-,22+,23?,24?/m0/s1. The average Bonchev–Trinajstić information content (AvgIpc) is 3.57. The fourth-order valence-corrected chi connectivity index (χ4v) is 7.74. The third kappa shape index (κ3) is 3.62. The Hall–Kier alpha value is -3.24. The SMILES string of the molecule is Cc1ccc(S(=O)(=O)NN=C2[C@H]3C=C[C@@H]4C(=NNS(=O)(=O)c5ccc(C)cc5)[C@@H]5C=C[C@H]2C5C34)cc1. The van der Waals surface area contributed by atoms with Crippen LogP contribution in [0.4, 0.5) is 0 Å². The topological polar surface area (TPSA) is 117 Å². The molecule has 4 aliphatic carbocycles. The summed E-state index contributed by atoms with van der Waals surface area (Å²) in [5.41, 5.74) is 3.56. The van der Waals surface area contributed by atoms with E-state index in [9.17, 15) is 16.8 Å². The van der Waals surface area contributed by atoms with Crippen LogP contribution >= 0.6 is 0 Å². The van der Waals surface area contributed by atoms with Crippen LogP contribution in [0.15, 0.2) is 92.8 Å². The Labute approximate surface area is 211 Å². The lowest BCUT2D eigenvalue weighted by Gasteiger charge is -2.14. The molecule has 0 aliphatic heterocycles. The van der Waals surface area contributed by atoms with Crippen LogP contribution < -0.4 is 9.66 Å². The van der Waals surface area contributed by atoms with Crippen LogP contribution in [0, 0.1) is 49.4 Å². The molecule has 0 heterocycles. The van der Waals surface area contributed by atoms with Gasteiger partial charge in [0.15, 0.2) is 0 Å². The molecule has 2 fully saturated rings. The zero-order valence-corrected chi connectivity index (χ0v) is 21.4. The van der Waals surface area contributed by atoms with E-state index in [2.05, 4.69) is 44.2 Å². The van der Waals surface area contributed by atoms with Gasteiger partial charge in [-0.3, -0.25) is 0 Å². The number of hydrogen-bond acceptors (Lipinski definition) is 6. The summed E-state index contributed by atoms with van der Waals surface area (Å²) in [7, 11) is -7.55. The number of benzene rings is 2. The molecule has 10 heteroatoms. The maximum Gasteiger partial charge on any atom is 0.276 e. The largest absolute Gasteiger partial charge is 0.276 e. The molecule has 2 N–H and O–H groups in total. The molecule has 6 rings (SSSR count). The van der Waals surface area contributed by atoms with Crippen LogP contribution in [0.25, 0.3) is 0 Å². The molecule has 0 aromatic heterocycles. The van der Waals surface area contributed by atoms with E-state index in [1.54, 1.807) is 48.5 Å². The van der Waals surface area contributed by atoms with Crippen LogP contribution in [0.2, 0.25) is 0 Å². The lowest BCUT2D eigenvalue weighted by molar-refractivity contribution is 0.343. The number of aryl methyl sites for hydroxylation is 2. The van der Waals surface area contributed by atoms with Crippen molar-refractivity contribution in [3.05, 3.63) is 84.0 Å². The van der Waals surface area contributed by atoms with E-state index in [1.165, 1.54) is 0 Å². The Balaban J connectivity index is 1.24. The zero-order chi connectivity index (χ0) is 25.2. The summed E-state index contributed by atoms with van der Waals surface area (Å²) < 4.78 is 51.1. The number of hydrogen-bond donors (Lipinski definition) is 2. The molecule has 0 radical (unpaired) electrons. The van der Waals surface area contributed by atoms with Crippen molar-refractivity contribution in [1.82, 2.24) is 9.66 Å². The summed E-state index contributed by atoms with van der Waals surface area (Å²) in [5, 5.41) is 8.83. The molecule has 0 spiro atoms. The molecule has 2 aromatic carbocycles. The summed E-state index contributed by atoms with van der Waals surface area (Å²) >= 11 is 0. The molecule has 0 bridgehead atoms. The Morgan fingerprint density at radius 3 is 1.17 bits per heavy atom. The molecule has 2 unspecified atom stereocenters. The van der Waals surface area contributed by atoms with E-state index in [4.69, 9.17) is 0 Å². The van der Waals surface area contributed by atoms with Gasteiger partial charge in [-0.2, -0.15) is 27.0 Å². The van der Waals surface area contributed by atoms with Gasteiger partial charge in [0.1, 0.15) is 0 Å². The first-order valence-corrected chi connectivity index (χ1v) is 14.8. The summed E-state index contributed by atoms with van der Waals surface area (Å²) in [4.78, 5) is 5.22. The highest BCUT2D eigenvalue weighted by Gasteiger charge is 2.62. The van der Waals surface area contributed by atoms with Gasteiger partial charge in [0.05, 0.1) is 21.2 Å². The monoisotopic (exact) mass is 522 g/mol. The van der Waals surface area contributed by atoms with Crippen molar-refractivity contribution >= 4 is 31.5 Å². The first-order valence-electron chi connectivity index (χ1n) is 11.8. The molecule has 6 atom stereocenters. The Morgan fingerprint density at radius 1 is 0.556 bits per heavy atom. The summed E-state index contributed by atoms with van der Waals surface area (Å²) in [6.45, 7) is 3.80. The Morgan fingerprint density at radius 2 is 0.861 bits per heavy atom. The Kier molecular flexibility index (Phi) is 5.24. The molecule has 2 saturated carbocycles.